The Morgan fingerprint density at radius 1 is 1.00 bits per heavy atom. The molecular weight excluding hydrogens is 298 g/mol. The molecule has 5 heteroatoms. The molecule has 24 heavy (non-hydrogen) atoms. The van der Waals surface area contributed by atoms with E-state index >= 15 is 0 Å². The second kappa shape index (κ2) is 17.3. The Morgan fingerprint density at radius 2 is 1.46 bits per heavy atom. The van der Waals surface area contributed by atoms with E-state index in [1.165, 1.54) is 64.2 Å². The van der Waals surface area contributed by atoms with Gasteiger partial charge >= 0.3 is 0 Å². The van der Waals surface area contributed by atoms with Gasteiger partial charge in [0, 0.05) is 12.4 Å². The highest BCUT2D eigenvalue weighted by Gasteiger charge is 1.90. The molecule has 0 fully saturated rings. The van der Waals surface area contributed by atoms with Crippen molar-refractivity contribution in [1.29, 1.82) is 5.26 Å². The number of nitrogens with zero attached hydrogens (tertiary/aromatic N) is 3. The van der Waals surface area contributed by atoms with Crippen LogP contribution in [0.1, 0.15) is 78.1 Å². The number of pyridine rings is 1. The SMILES string of the molecule is CCCCCCCCCCCC.N#CNC(N)=Nc1ccncc1. The molecule has 0 aromatic carbocycles. The summed E-state index contributed by atoms with van der Waals surface area (Å²) in [6, 6.07) is 3.37. The first-order chi connectivity index (χ1) is 11.7. The number of guanidine groups is 1. The van der Waals surface area contributed by atoms with Crippen molar-refractivity contribution in [3.8, 4) is 6.19 Å². The summed E-state index contributed by atoms with van der Waals surface area (Å²) >= 11 is 0. The molecule has 0 radical (unpaired) electrons. The Hall–Kier alpha value is -2.09. The standard InChI is InChI=1S/C12H26.C7H7N5/c1-3-5-7-9-11-12-10-8-6-4-2;8-5-11-7(9)12-6-1-3-10-4-2-6/h3-12H2,1-2H3;1-4H,(H3,9,10,11,12). The lowest BCUT2D eigenvalue weighted by Crippen LogP contribution is -2.26. The van der Waals surface area contributed by atoms with Gasteiger partial charge in [-0.25, -0.2) is 4.99 Å². The highest BCUT2D eigenvalue weighted by molar-refractivity contribution is 5.81. The number of aliphatic imine (C=N–C) groups is 1. The van der Waals surface area contributed by atoms with Crippen molar-refractivity contribution in [2.45, 2.75) is 78.1 Å². The number of nitrogens with one attached hydrogen (secondary N) is 1. The maximum absolute atomic E-state index is 8.18. The molecule has 1 aromatic rings. The summed E-state index contributed by atoms with van der Waals surface area (Å²) in [4.78, 5) is 7.67. The van der Waals surface area contributed by atoms with Gasteiger partial charge in [0.1, 0.15) is 0 Å². The van der Waals surface area contributed by atoms with Crippen LogP contribution in [0.4, 0.5) is 5.69 Å². The maximum Gasteiger partial charge on any atom is 0.207 e. The van der Waals surface area contributed by atoms with Gasteiger partial charge < -0.3 is 5.73 Å². The summed E-state index contributed by atoms with van der Waals surface area (Å²) < 4.78 is 0. The van der Waals surface area contributed by atoms with Crippen LogP contribution >= 0.6 is 0 Å². The fourth-order valence-electron chi connectivity index (χ4n) is 2.20. The van der Waals surface area contributed by atoms with Crippen molar-refractivity contribution in [2.75, 3.05) is 0 Å². The lowest BCUT2D eigenvalue weighted by atomic mass is 10.1. The maximum atomic E-state index is 8.18. The highest BCUT2D eigenvalue weighted by Crippen LogP contribution is 2.10. The minimum Gasteiger partial charge on any atom is -0.369 e. The lowest BCUT2D eigenvalue weighted by molar-refractivity contribution is 0.562. The molecule has 0 saturated heterocycles. The number of hydrogen-bond donors (Lipinski definition) is 2. The number of hydrogen-bond acceptors (Lipinski definition) is 3. The molecule has 1 rings (SSSR count). The number of nitrogens with two attached hydrogens (primary N) is 1. The molecule has 5 nitrogen and oxygen atoms in total. The third-order valence-corrected chi connectivity index (χ3v) is 3.55. The number of rotatable bonds is 10. The Morgan fingerprint density at radius 3 is 1.88 bits per heavy atom. The van der Waals surface area contributed by atoms with Crippen molar-refractivity contribution in [3.63, 3.8) is 0 Å². The average Bonchev–Trinajstić information content (AvgIpc) is 2.59. The van der Waals surface area contributed by atoms with E-state index in [9.17, 15) is 0 Å². The number of unbranched alkanes of at least 4 members (excludes halogenated alkanes) is 9. The fraction of sp³-hybridized carbons (Fsp3) is 0.632. The van der Waals surface area contributed by atoms with E-state index in [1.54, 1.807) is 30.7 Å². The molecule has 0 saturated carbocycles. The zero-order chi connectivity index (χ0) is 17.9. The van der Waals surface area contributed by atoms with Crippen LogP contribution in [0.3, 0.4) is 0 Å². The van der Waals surface area contributed by atoms with Crippen LogP contribution in [0.2, 0.25) is 0 Å². The highest BCUT2D eigenvalue weighted by atomic mass is 15.1. The van der Waals surface area contributed by atoms with Crippen molar-refractivity contribution in [1.82, 2.24) is 10.3 Å². The third kappa shape index (κ3) is 14.8. The molecular formula is C19H33N5. The van der Waals surface area contributed by atoms with Crippen LogP contribution in [0, 0.1) is 11.5 Å². The van der Waals surface area contributed by atoms with Crippen molar-refractivity contribution in [3.05, 3.63) is 24.5 Å². The molecule has 0 aliphatic rings. The van der Waals surface area contributed by atoms with E-state index < -0.39 is 0 Å². The van der Waals surface area contributed by atoms with Crippen molar-refractivity contribution < 1.29 is 0 Å². The Kier molecular flexibility index (Phi) is 15.8. The zero-order valence-electron chi connectivity index (χ0n) is 15.3. The minimum absolute atomic E-state index is 0.0729. The van der Waals surface area contributed by atoms with E-state index in [-0.39, 0.29) is 5.96 Å². The molecule has 0 atom stereocenters. The summed E-state index contributed by atoms with van der Waals surface area (Å²) in [5.41, 5.74) is 5.97. The van der Waals surface area contributed by atoms with E-state index in [2.05, 4.69) is 29.1 Å². The van der Waals surface area contributed by atoms with Crippen molar-refractivity contribution >= 4 is 11.6 Å². The van der Waals surface area contributed by atoms with Gasteiger partial charge in [-0.1, -0.05) is 78.1 Å². The molecule has 0 amide bonds. The monoisotopic (exact) mass is 331 g/mol. The predicted octanol–water partition coefficient (Wildman–Crippen LogP) is 5.03. The van der Waals surface area contributed by atoms with Gasteiger partial charge in [0.05, 0.1) is 5.69 Å². The topological polar surface area (TPSA) is 87.1 Å². The molecule has 3 N–H and O–H groups in total. The first-order valence-electron chi connectivity index (χ1n) is 9.13. The van der Waals surface area contributed by atoms with Gasteiger partial charge in [0.25, 0.3) is 0 Å². The Labute approximate surface area is 147 Å². The van der Waals surface area contributed by atoms with Crippen molar-refractivity contribution in [2.24, 2.45) is 10.7 Å². The first-order valence-corrected chi connectivity index (χ1v) is 9.13. The Balaban J connectivity index is 0.000000441. The van der Waals surface area contributed by atoms with E-state index in [0.29, 0.717) is 5.69 Å². The molecule has 1 aromatic heterocycles. The van der Waals surface area contributed by atoms with E-state index in [1.807, 2.05) is 0 Å². The Bertz CT molecular complexity index is 441. The quantitative estimate of drug-likeness (QED) is 0.207. The first kappa shape index (κ1) is 21.9. The zero-order valence-corrected chi connectivity index (χ0v) is 15.3. The summed E-state index contributed by atoms with van der Waals surface area (Å²) in [6.07, 6.45) is 19.3. The summed E-state index contributed by atoms with van der Waals surface area (Å²) in [7, 11) is 0. The molecule has 0 spiro atoms. The molecule has 0 aliphatic carbocycles. The van der Waals surface area contributed by atoms with Crippen LogP contribution in [0.15, 0.2) is 29.5 Å². The second-order valence-corrected chi connectivity index (χ2v) is 5.77. The lowest BCUT2D eigenvalue weighted by Gasteiger charge is -1.99. The van der Waals surface area contributed by atoms with Crippen LogP contribution in [-0.2, 0) is 0 Å². The normalized spacial score (nSPS) is 10.5. The van der Waals surface area contributed by atoms with Gasteiger partial charge in [-0.15, -0.1) is 0 Å². The third-order valence-electron chi connectivity index (χ3n) is 3.55. The van der Waals surface area contributed by atoms with Gasteiger partial charge in [-0.05, 0) is 12.1 Å². The largest absolute Gasteiger partial charge is 0.369 e. The predicted molar refractivity (Wildman–Crippen MR) is 102 cm³/mol. The molecule has 0 bridgehead atoms. The van der Waals surface area contributed by atoms with Crippen LogP contribution < -0.4 is 11.1 Å². The average molecular weight is 332 g/mol. The van der Waals surface area contributed by atoms with Crippen LogP contribution in [-0.4, -0.2) is 10.9 Å². The summed E-state index contributed by atoms with van der Waals surface area (Å²) in [5, 5.41) is 10.4. The second-order valence-electron chi connectivity index (χ2n) is 5.77. The molecule has 134 valence electrons. The molecule has 1 heterocycles. The smallest absolute Gasteiger partial charge is 0.207 e. The van der Waals surface area contributed by atoms with Crippen LogP contribution in [0.5, 0.6) is 0 Å². The summed E-state index contributed by atoms with van der Waals surface area (Å²) in [6.45, 7) is 4.56. The van der Waals surface area contributed by atoms with E-state index in [4.69, 9.17) is 11.0 Å². The van der Waals surface area contributed by atoms with Crippen LogP contribution in [0.25, 0.3) is 0 Å². The molecule has 0 aliphatic heterocycles. The van der Waals surface area contributed by atoms with Gasteiger partial charge in [0.15, 0.2) is 6.19 Å². The van der Waals surface area contributed by atoms with Gasteiger partial charge in [-0.3, -0.25) is 10.3 Å². The fourth-order valence-corrected chi connectivity index (χ4v) is 2.20. The van der Waals surface area contributed by atoms with Gasteiger partial charge in [-0.2, -0.15) is 5.26 Å². The van der Waals surface area contributed by atoms with Gasteiger partial charge in [0.2, 0.25) is 5.96 Å². The minimum atomic E-state index is 0.0729. The summed E-state index contributed by atoms with van der Waals surface area (Å²) in [5.74, 6) is 0.0729. The molecule has 0 unspecified atom stereocenters. The number of aromatic nitrogens is 1. The van der Waals surface area contributed by atoms with E-state index in [0.717, 1.165) is 0 Å². The number of nitriles is 1.